The third-order valence-corrected chi connectivity index (χ3v) is 5.11. The van der Waals surface area contributed by atoms with Crippen LogP contribution in [0.3, 0.4) is 0 Å². The maximum absolute atomic E-state index is 12.7. The summed E-state index contributed by atoms with van der Waals surface area (Å²) in [6.07, 6.45) is 6.79. The Morgan fingerprint density at radius 3 is 2.23 bits per heavy atom. The van der Waals surface area contributed by atoms with Crippen LogP contribution in [0.15, 0.2) is 59.9 Å². The number of sulfonamides is 1. The summed E-state index contributed by atoms with van der Waals surface area (Å²) in [5.74, 6) is 0.159. The quantitative estimate of drug-likeness (QED) is 0.672. The van der Waals surface area contributed by atoms with E-state index in [9.17, 15) is 12.8 Å². The fourth-order valence-electron chi connectivity index (χ4n) is 2.02. The second-order valence-electron chi connectivity index (χ2n) is 5.13. The fraction of sp³-hybridized carbons (Fsp3) is 0. The average Bonchev–Trinajstić information content (AvgIpc) is 2.62. The molecular formula is C17H12ClFN4O2S. The highest BCUT2D eigenvalue weighted by atomic mass is 35.5. The lowest BCUT2D eigenvalue weighted by Crippen LogP contribution is -2.14. The number of halogens is 2. The molecule has 0 aliphatic carbocycles. The Balaban J connectivity index is 1.73. The molecule has 0 fully saturated rings. The summed E-state index contributed by atoms with van der Waals surface area (Å²) in [5.41, 5.74) is 1.34. The third-order valence-electron chi connectivity index (χ3n) is 3.26. The molecule has 0 aliphatic heterocycles. The molecule has 0 atom stereocenters. The van der Waals surface area contributed by atoms with E-state index in [0.717, 1.165) is 5.56 Å². The number of anilines is 1. The van der Waals surface area contributed by atoms with Crippen LogP contribution >= 0.6 is 11.6 Å². The molecule has 0 unspecified atom stereocenters. The molecule has 3 aromatic rings. The number of nitrogens with zero attached hydrogens (tertiary/aromatic N) is 3. The maximum atomic E-state index is 12.7. The highest BCUT2D eigenvalue weighted by Crippen LogP contribution is 2.22. The second-order valence-corrected chi connectivity index (χ2v) is 7.19. The molecule has 1 N–H and O–H groups in total. The van der Waals surface area contributed by atoms with E-state index in [-0.39, 0.29) is 15.7 Å². The van der Waals surface area contributed by atoms with E-state index >= 15 is 0 Å². The lowest BCUT2D eigenvalue weighted by molar-refractivity contribution is 0.538. The predicted molar refractivity (Wildman–Crippen MR) is 97.4 cm³/mol. The van der Waals surface area contributed by atoms with Crippen molar-refractivity contribution in [3.63, 3.8) is 0 Å². The van der Waals surface area contributed by atoms with Crippen molar-refractivity contribution in [2.75, 3.05) is 4.72 Å². The summed E-state index contributed by atoms with van der Waals surface area (Å²) >= 11 is 5.93. The van der Waals surface area contributed by atoms with Gasteiger partial charge in [0.1, 0.15) is 10.7 Å². The summed E-state index contributed by atoms with van der Waals surface area (Å²) < 4.78 is 39.7. The SMILES string of the molecule is O=S(=O)(Nc1ccc(/C=C/c2cnc(F)nc2)cn1)c1ccccc1Cl. The van der Waals surface area contributed by atoms with Crippen molar-refractivity contribution >= 4 is 39.6 Å². The van der Waals surface area contributed by atoms with Crippen molar-refractivity contribution in [3.8, 4) is 0 Å². The Labute approximate surface area is 154 Å². The maximum Gasteiger partial charge on any atom is 0.308 e. The molecule has 0 saturated carbocycles. The number of benzene rings is 1. The molecule has 0 spiro atoms. The summed E-state index contributed by atoms with van der Waals surface area (Å²) in [7, 11) is -3.83. The Bertz CT molecular complexity index is 1040. The van der Waals surface area contributed by atoms with Crippen molar-refractivity contribution in [1.29, 1.82) is 0 Å². The molecular weight excluding hydrogens is 379 g/mol. The van der Waals surface area contributed by atoms with Gasteiger partial charge in [-0.1, -0.05) is 35.9 Å². The van der Waals surface area contributed by atoms with Gasteiger partial charge in [-0.2, -0.15) is 4.39 Å². The highest BCUT2D eigenvalue weighted by Gasteiger charge is 2.17. The smallest absolute Gasteiger partial charge is 0.263 e. The summed E-state index contributed by atoms with van der Waals surface area (Å²) in [5, 5.41) is 0.126. The molecule has 1 aromatic carbocycles. The molecule has 6 nitrogen and oxygen atoms in total. The normalized spacial score (nSPS) is 11.6. The van der Waals surface area contributed by atoms with Gasteiger partial charge < -0.3 is 0 Å². The number of rotatable bonds is 5. The molecule has 2 heterocycles. The van der Waals surface area contributed by atoms with Crippen LogP contribution in [0.25, 0.3) is 12.2 Å². The van der Waals surface area contributed by atoms with Gasteiger partial charge in [0.2, 0.25) is 0 Å². The van der Waals surface area contributed by atoms with Crippen molar-refractivity contribution in [2.24, 2.45) is 0 Å². The first kappa shape index (κ1) is 18.0. The van der Waals surface area contributed by atoms with Gasteiger partial charge in [0.05, 0.1) is 5.02 Å². The first-order chi connectivity index (χ1) is 12.4. The van der Waals surface area contributed by atoms with Crippen molar-refractivity contribution in [2.45, 2.75) is 4.90 Å². The van der Waals surface area contributed by atoms with Crippen molar-refractivity contribution < 1.29 is 12.8 Å². The van der Waals surface area contributed by atoms with Crippen LogP contribution in [-0.2, 0) is 10.0 Å². The van der Waals surface area contributed by atoms with Crippen molar-refractivity contribution in [1.82, 2.24) is 15.0 Å². The molecule has 0 radical (unpaired) electrons. The molecule has 0 saturated heterocycles. The Morgan fingerprint density at radius 2 is 1.58 bits per heavy atom. The van der Waals surface area contributed by atoms with Gasteiger partial charge in [-0.25, -0.2) is 23.4 Å². The van der Waals surface area contributed by atoms with Gasteiger partial charge in [0.25, 0.3) is 10.0 Å². The van der Waals surface area contributed by atoms with E-state index in [0.29, 0.717) is 5.56 Å². The van der Waals surface area contributed by atoms with E-state index < -0.39 is 16.1 Å². The third kappa shape index (κ3) is 4.41. The minimum absolute atomic E-state index is 0.0243. The van der Waals surface area contributed by atoms with Crippen LogP contribution in [0.4, 0.5) is 10.2 Å². The number of aromatic nitrogens is 3. The zero-order valence-corrected chi connectivity index (χ0v) is 14.7. The number of pyridine rings is 1. The van der Waals surface area contributed by atoms with E-state index in [1.165, 1.54) is 36.8 Å². The summed E-state index contributed by atoms with van der Waals surface area (Å²) in [6, 6.07) is 9.34. The van der Waals surface area contributed by atoms with Crippen LogP contribution in [-0.4, -0.2) is 23.4 Å². The largest absolute Gasteiger partial charge is 0.308 e. The lowest BCUT2D eigenvalue weighted by Gasteiger charge is -2.08. The number of nitrogens with one attached hydrogen (secondary N) is 1. The average molecular weight is 391 g/mol. The van der Waals surface area contributed by atoms with E-state index in [2.05, 4.69) is 19.7 Å². The first-order valence-corrected chi connectivity index (χ1v) is 9.19. The molecule has 3 rings (SSSR count). The number of hydrogen-bond acceptors (Lipinski definition) is 5. The van der Waals surface area contributed by atoms with Gasteiger partial charge in [-0.15, -0.1) is 0 Å². The molecule has 0 bridgehead atoms. The summed E-state index contributed by atoms with van der Waals surface area (Å²) in [4.78, 5) is 10.9. The Kier molecular flexibility index (Phi) is 5.24. The monoisotopic (exact) mass is 390 g/mol. The molecule has 0 aliphatic rings. The van der Waals surface area contributed by atoms with Crippen molar-refractivity contribution in [3.05, 3.63) is 77.2 Å². The lowest BCUT2D eigenvalue weighted by atomic mass is 10.2. The van der Waals surface area contributed by atoms with E-state index in [1.807, 2.05) is 0 Å². The number of hydrogen-bond donors (Lipinski definition) is 1. The standard InChI is InChI=1S/C17H12ClFN4O2S/c18-14-3-1-2-4-15(14)26(24,25)23-16-8-7-12(9-20-16)5-6-13-10-21-17(19)22-11-13/h1-11H,(H,20,23)/b6-5+. The topological polar surface area (TPSA) is 84.8 Å². The van der Waals surface area contributed by atoms with Gasteiger partial charge in [0, 0.05) is 24.2 Å². The molecule has 132 valence electrons. The molecule has 9 heteroatoms. The highest BCUT2D eigenvalue weighted by molar-refractivity contribution is 7.92. The fourth-order valence-corrected chi connectivity index (χ4v) is 3.55. The summed E-state index contributed by atoms with van der Waals surface area (Å²) in [6.45, 7) is 0. The zero-order valence-electron chi connectivity index (χ0n) is 13.2. The van der Waals surface area contributed by atoms with Gasteiger partial charge in [-0.05, 0) is 29.8 Å². The Hall–Kier alpha value is -2.84. The van der Waals surface area contributed by atoms with Crippen LogP contribution in [0.5, 0.6) is 0 Å². The van der Waals surface area contributed by atoms with Crippen LogP contribution in [0.2, 0.25) is 5.02 Å². The minimum Gasteiger partial charge on any atom is -0.263 e. The predicted octanol–water partition coefficient (Wildman–Crippen LogP) is 3.64. The molecule has 26 heavy (non-hydrogen) atoms. The van der Waals surface area contributed by atoms with E-state index in [1.54, 1.807) is 30.4 Å². The molecule has 2 aromatic heterocycles. The Morgan fingerprint density at radius 1 is 0.923 bits per heavy atom. The van der Waals surface area contributed by atoms with Gasteiger partial charge in [0.15, 0.2) is 0 Å². The van der Waals surface area contributed by atoms with Crippen LogP contribution in [0.1, 0.15) is 11.1 Å². The first-order valence-electron chi connectivity index (χ1n) is 7.33. The zero-order chi connectivity index (χ0) is 18.6. The van der Waals surface area contributed by atoms with Crippen LogP contribution in [0, 0.1) is 6.08 Å². The minimum atomic E-state index is -3.83. The van der Waals surface area contributed by atoms with Gasteiger partial charge in [-0.3, -0.25) is 4.72 Å². The van der Waals surface area contributed by atoms with Gasteiger partial charge >= 0.3 is 6.08 Å². The van der Waals surface area contributed by atoms with E-state index in [4.69, 9.17) is 11.6 Å². The molecule has 0 amide bonds. The second kappa shape index (κ2) is 7.59. The van der Waals surface area contributed by atoms with Crippen LogP contribution < -0.4 is 4.72 Å².